The van der Waals surface area contributed by atoms with Crippen molar-refractivity contribution in [2.24, 2.45) is 5.10 Å². The minimum Gasteiger partial charge on any atom is -0.329 e. The summed E-state index contributed by atoms with van der Waals surface area (Å²) in [5.74, 6) is 1.17. The van der Waals surface area contributed by atoms with E-state index in [0.29, 0.717) is 17.7 Å². The molecule has 7 heteroatoms. The Kier molecular flexibility index (Phi) is 4.70. The smallest absolute Gasteiger partial charge is 0.271 e. The Morgan fingerprint density at radius 3 is 3.00 bits per heavy atom. The summed E-state index contributed by atoms with van der Waals surface area (Å²) in [7, 11) is 0. The maximum absolute atomic E-state index is 13.6. The van der Waals surface area contributed by atoms with Gasteiger partial charge in [-0.15, -0.1) is 11.8 Å². The van der Waals surface area contributed by atoms with Crippen molar-refractivity contribution in [3.63, 3.8) is 0 Å². The van der Waals surface area contributed by atoms with Crippen molar-refractivity contribution in [3.8, 4) is 0 Å². The number of nitrogens with one attached hydrogen (secondary N) is 1. The summed E-state index contributed by atoms with van der Waals surface area (Å²) < 4.78 is 15.7. The number of aromatic nitrogens is 2. The van der Waals surface area contributed by atoms with E-state index in [1.807, 2.05) is 13.0 Å². The number of hydrogen-bond acceptors (Lipinski definition) is 4. The molecule has 0 saturated heterocycles. The van der Waals surface area contributed by atoms with Crippen LogP contribution in [0.15, 0.2) is 46.4 Å². The summed E-state index contributed by atoms with van der Waals surface area (Å²) in [5, 5.41) is 4.27. The van der Waals surface area contributed by atoms with Gasteiger partial charge in [0, 0.05) is 34.7 Å². The van der Waals surface area contributed by atoms with Crippen molar-refractivity contribution in [3.05, 3.63) is 59.2 Å². The molecule has 27 heavy (non-hydrogen) atoms. The number of carbonyl (C=O) groups is 1. The molecule has 5 nitrogen and oxygen atoms in total. The third-order valence-corrected chi connectivity index (χ3v) is 5.73. The number of benzene rings is 2. The van der Waals surface area contributed by atoms with Crippen molar-refractivity contribution < 1.29 is 9.18 Å². The van der Waals surface area contributed by atoms with E-state index < -0.39 is 0 Å². The fraction of sp³-hybridized carbons (Fsp3) is 0.250. The Balaban J connectivity index is 1.59. The zero-order valence-electron chi connectivity index (χ0n) is 15.1. The summed E-state index contributed by atoms with van der Waals surface area (Å²) in [6.45, 7) is 4.84. The zero-order valence-corrected chi connectivity index (χ0v) is 15.9. The van der Waals surface area contributed by atoms with Gasteiger partial charge < -0.3 is 4.57 Å². The lowest BCUT2D eigenvalue weighted by Crippen LogP contribution is -2.21. The fourth-order valence-electron chi connectivity index (χ4n) is 3.34. The molecule has 1 aliphatic heterocycles. The zero-order chi connectivity index (χ0) is 19.0. The van der Waals surface area contributed by atoms with Gasteiger partial charge in [-0.25, -0.2) is 14.8 Å². The van der Waals surface area contributed by atoms with Gasteiger partial charge in [0.15, 0.2) is 0 Å². The predicted molar refractivity (Wildman–Crippen MR) is 106 cm³/mol. The summed E-state index contributed by atoms with van der Waals surface area (Å²) in [6.07, 6.45) is 0.681. The first kappa shape index (κ1) is 17.7. The monoisotopic (exact) mass is 382 g/mol. The van der Waals surface area contributed by atoms with Gasteiger partial charge in [0.05, 0.1) is 16.7 Å². The second kappa shape index (κ2) is 7.15. The topological polar surface area (TPSA) is 59.3 Å². The van der Waals surface area contributed by atoms with E-state index in [0.717, 1.165) is 39.6 Å². The van der Waals surface area contributed by atoms with Gasteiger partial charge in [-0.3, -0.25) is 4.79 Å². The van der Waals surface area contributed by atoms with E-state index >= 15 is 0 Å². The number of fused-ring (bicyclic) bond motifs is 2. The number of aryl methyl sites for hydroxylation is 2. The van der Waals surface area contributed by atoms with E-state index in [1.165, 1.54) is 12.1 Å². The van der Waals surface area contributed by atoms with Crippen LogP contribution in [-0.2, 0) is 6.54 Å². The third-order valence-electron chi connectivity index (χ3n) is 4.66. The first-order chi connectivity index (χ1) is 13.1. The predicted octanol–water partition coefficient (Wildman–Crippen LogP) is 4.13. The molecule has 0 spiro atoms. The molecular weight excluding hydrogens is 363 g/mol. The molecule has 1 aromatic heterocycles. The summed E-state index contributed by atoms with van der Waals surface area (Å²) in [6, 6.07) is 10.1. The minimum atomic E-state index is -0.303. The second-order valence-corrected chi connectivity index (χ2v) is 7.48. The molecule has 4 rings (SSSR count). The van der Waals surface area contributed by atoms with Crippen LogP contribution in [0.2, 0.25) is 0 Å². The summed E-state index contributed by atoms with van der Waals surface area (Å²) in [4.78, 5) is 18.0. The number of amides is 1. The quantitative estimate of drug-likeness (QED) is 0.693. The van der Waals surface area contributed by atoms with Crippen LogP contribution in [-0.4, -0.2) is 26.9 Å². The lowest BCUT2D eigenvalue weighted by atomic mass is 10.1. The second-order valence-electron chi connectivity index (χ2n) is 6.35. The first-order valence-corrected chi connectivity index (χ1v) is 9.82. The number of hydrogen-bond donors (Lipinski definition) is 1. The van der Waals surface area contributed by atoms with E-state index in [9.17, 15) is 9.18 Å². The van der Waals surface area contributed by atoms with Crippen LogP contribution in [0.25, 0.3) is 11.0 Å². The summed E-state index contributed by atoms with van der Waals surface area (Å²) >= 11 is 1.67. The van der Waals surface area contributed by atoms with Crippen LogP contribution >= 0.6 is 11.8 Å². The van der Waals surface area contributed by atoms with E-state index in [-0.39, 0.29) is 11.7 Å². The fourth-order valence-corrected chi connectivity index (χ4v) is 4.35. The molecule has 0 unspecified atom stereocenters. The Morgan fingerprint density at radius 2 is 2.19 bits per heavy atom. The number of hydrazone groups is 1. The maximum Gasteiger partial charge on any atom is 0.271 e. The Hall–Kier alpha value is -2.67. The van der Waals surface area contributed by atoms with Crippen molar-refractivity contribution >= 4 is 34.4 Å². The van der Waals surface area contributed by atoms with Crippen molar-refractivity contribution in [2.45, 2.75) is 31.7 Å². The van der Waals surface area contributed by atoms with E-state index in [1.54, 1.807) is 30.0 Å². The van der Waals surface area contributed by atoms with Gasteiger partial charge in [-0.2, -0.15) is 5.10 Å². The van der Waals surface area contributed by atoms with Gasteiger partial charge in [-0.05, 0) is 50.2 Å². The number of carbonyl (C=O) groups excluding carboxylic acids is 1. The van der Waals surface area contributed by atoms with Gasteiger partial charge in [0.1, 0.15) is 11.6 Å². The lowest BCUT2D eigenvalue weighted by molar-refractivity contribution is 0.0955. The molecule has 0 aliphatic carbocycles. The highest BCUT2D eigenvalue weighted by Gasteiger charge is 2.18. The number of rotatable bonds is 3. The number of imidazole rings is 1. The Bertz CT molecular complexity index is 1070. The molecule has 1 amide bonds. The van der Waals surface area contributed by atoms with Crippen LogP contribution in [0, 0.1) is 12.7 Å². The molecule has 0 radical (unpaired) electrons. The van der Waals surface area contributed by atoms with Crippen LogP contribution in [0.4, 0.5) is 4.39 Å². The molecule has 1 aliphatic rings. The number of thioether (sulfide) groups is 1. The average molecular weight is 382 g/mol. The Labute approximate surface area is 160 Å². The van der Waals surface area contributed by atoms with Crippen LogP contribution in [0.3, 0.4) is 0 Å². The summed E-state index contributed by atoms with van der Waals surface area (Å²) in [5.41, 5.74) is 6.35. The molecule has 138 valence electrons. The molecule has 2 aromatic carbocycles. The lowest BCUT2D eigenvalue weighted by Gasteiger charge is -2.17. The standard InChI is InChI=1S/C20H19FN4OS/c1-3-25-12(2)22-17-10-13(4-6-18(17)25)20(26)24-23-16-8-9-27-19-7-5-14(21)11-15(16)19/h4-7,10-11H,3,8-9H2,1-2H3,(H,24,26)/b23-16+. The van der Waals surface area contributed by atoms with Crippen molar-refractivity contribution in [1.29, 1.82) is 0 Å². The SMILES string of the molecule is CCn1c(C)nc2cc(C(=O)N/N=C3\CCSc4ccc(F)cc43)ccc21. The molecule has 0 bridgehead atoms. The maximum atomic E-state index is 13.6. The average Bonchev–Trinajstić information content (AvgIpc) is 3.00. The number of halogens is 1. The third kappa shape index (κ3) is 3.35. The normalized spacial score (nSPS) is 15.1. The molecule has 1 N–H and O–H groups in total. The molecule has 0 fully saturated rings. The van der Waals surface area contributed by atoms with Crippen molar-refractivity contribution in [1.82, 2.24) is 15.0 Å². The van der Waals surface area contributed by atoms with Crippen molar-refractivity contribution in [2.75, 3.05) is 5.75 Å². The van der Waals surface area contributed by atoms with Crippen LogP contribution in [0.5, 0.6) is 0 Å². The molecular formula is C20H19FN4OS. The molecule has 0 saturated carbocycles. The van der Waals surface area contributed by atoms with E-state index in [2.05, 4.69) is 27.0 Å². The highest BCUT2D eigenvalue weighted by atomic mass is 32.2. The van der Waals surface area contributed by atoms with Crippen LogP contribution < -0.4 is 5.43 Å². The first-order valence-electron chi connectivity index (χ1n) is 8.83. The van der Waals surface area contributed by atoms with Gasteiger partial charge in [0.25, 0.3) is 5.91 Å². The highest BCUT2D eigenvalue weighted by Crippen LogP contribution is 2.30. The minimum absolute atomic E-state index is 0.302. The van der Waals surface area contributed by atoms with Gasteiger partial charge in [-0.1, -0.05) is 0 Å². The Morgan fingerprint density at radius 1 is 1.33 bits per heavy atom. The van der Waals surface area contributed by atoms with Crippen LogP contribution in [0.1, 0.15) is 35.1 Å². The number of nitrogens with zero attached hydrogens (tertiary/aromatic N) is 3. The van der Waals surface area contributed by atoms with E-state index in [4.69, 9.17) is 0 Å². The largest absolute Gasteiger partial charge is 0.329 e. The van der Waals surface area contributed by atoms with Gasteiger partial charge in [0.2, 0.25) is 0 Å². The molecule has 2 heterocycles. The van der Waals surface area contributed by atoms with Gasteiger partial charge >= 0.3 is 0 Å². The highest BCUT2D eigenvalue weighted by molar-refractivity contribution is 7.99. The molecule has 3 aromatic rings. The molecule has 0 atom stereocenters.